The third kappa shape index (κ3) is 4.36. The van der Waals surface area contributed by atoms with Gasteiger partial charge in [-0.05, 0) is 102 Å². The van der Waals surface area contributed by atoms with E-state index in [9.17, 15) is 9.59 Å². The molecule has 0 atom stereocenters. The van der Waals surface area contributed by atoms with Crippen LogP contribution in [0, 0.1) is 0 Å². The fraction of sp³-hybridized carbons (Fsp3) is 0. The molecule has 56 heavy (non-hydrogen) atoms. The van der Waals surface area contributed by atoms with Gasteiger partial charge >= 0.3 is 0 Å². The Bertz CT molecular complexity index is 3460. The third-order valence-electron chi connectivity index (χ3n) is 11.4. The van der Waals surface area contributed by atoms with Gasteiger partial charge in [0.05, 0.1) is 38.9 Å². The van der Waals surface area contributed by atoms with Crippen molar-refractivity contribution < 1.29 is 9.59 Å². The first kappa shape index (κ1) is 31.1. The molecule has 3 aromatic heterocycles. The highest BCUT2D eigenvalue weighted by atomic mass is 32.1. The van der Waals surface area contributed by atoms with Gasteiger partial charge in [0.2, 0.25) is 0 Å². The first-order chi connectivity index (χ1) is 27.6. The highest BCUT2D eigenvalue weighted by molar-refractivity contribution is 7.25. The average molecular weight is 736 g/mol. The highest BCUT2D eigenvalue weighted by Crippen LogP contribution is 2.41. The van der Waals surface area contributed by atoms with E-state index >= 15 is 0 Å². The molecule has 0 unspecified atom stereocenters. The summed E-state index contributed by atoms with van der Waals surface area (Å²) in [6.45, 7) is 0. The molecule has 4 heterocycles. The number of rotatable bonds is 4. The minimum atomic E-state index is -0.299. The molecule has 0 bridgehead atoms. The van der Waals surface area contributed by atoms with Crippen LogP contribution in [0.1, 0.15) is 20.7 Å². The second-order valence-electron chi connectivity index (χ2n) is 14.5. The van der Waals surface area contributed by atoms with E-state index in [-0.39, 0.29) is 11.8 Å². The zero-order valence-corrected chi connectivity index (χ0v) is 30.6. The topological polar surface area (TPSA) is 47.2 Å². The van der Waals surface area contributed by atoms with Crippen molar-refractivity contribution in [1.82, 2.24) is 9.13 Å². The lowest BCUT2D eigenvalue weighted by Crippen LogP contribution is -2.29. The smallest absolute Gasteiger partial charge is 0.266 e. The normalized spacial score (nSPS) is 13.0. The maximum atomic E-state index is 13.4. The van der Waals surface area contributed by atoms with Crippen LogP contribution < -0.4 is 4.90 Å². The number of thiophene rings is 1. The van der Waals surface area contributed by atoms with E-state index in [1.54, 1.807) is 24.3 Å². The van der Waals surface area contributed by atoms with Gasteiger partial charge in [-0.25, -0.2) is 4.90 Å². The van der Waals surface area contributed by atoms with Crippen LogP contribution in [0.2, 0.25) is 0 Å². The first-order valence-electron chi connectivity index (χ1n) is 18.7. The van der Waals surface area contributed by atoms with Crippen LogP contribution in [0.25, 0.3) is 86.3 Å². The molecule has 11 aromatic rings. The van der Waals surface area contributed by atoms with Gasteiger partial charge in [0.15, 0.2) is 0 Å². The lowest BCUT2D eigenvalue weighted by Gasteiger charge is -2.16. The van der Waals surface area contributed by atoms with Crippen LogP contribution in [0.3, 0.4) is 0 Å². The number of hydrogen-bond donors (Lipinski definition) is 0. The number of hydrogen-bond acceptors (Lipinski definition) is 3. The van der Waals surface area contributed by atoms with Gasteiger partial charge in [0.1, 0.15) is 0 Å². The van der Waals surface area contributed by atoms with Crippen molar-refractivity contribution in [3.63, 3.8) is 0 Å². The van der Waals surface area contributed by atoms with Crippen LogP contribution in [0.4, 0.5) is 5.69 Å². The molecule has 262 valence electrons. The van der Waals surface area contributed by atoms with Gasteiger partial charge in [-0.1, -0.05) is 84.9 Å². The van der Waals surface area contributed by atoms with Crippen molar-refractivity contribution in [2.45, 2.75) is 0 Å². The number of benzene rings is 8. The number of aromatic nitrogens is 2. The molecule has 0 radical (unpaired) electrons. The first-order valence-corrected chi connectivity index (χ1v) is 19.5. The van der Waals surface area contributed by atoms with Gasteiger partial charge in [0, 0.05) is 53.1 Å². The summed E-state index contributed by atoms with van der Waals surface area (Å²) in [7, 11) is 0. The Morgan fingerprint density at radius 2 is 0.839 bits per heavy atom. The summed E-state index contributed by atoms with van der Waals surface area (Å²) in [5.41, 5.74) is 10.2. The number of amides is 2. The largest absolute Gasteiger partial charge is 0.309 e. The highest BCUT2D eigenvalue weighted by Gasteiger charge is 2.36. The third-order valence-corrected chi connectivity index (χ3v) is 12.6. The maximum Gasteiger partial charge on any atom is 0.266 e. The molecular formula is C50H29N3O2S. The monoisotopic (exact) mass is 735 g/mol. The molecule has 0 N–H and O–H groups in total. The minimum Gasteiger partial charge on any atom is -0.309 e. The predicted octanol–water partition coefficient (Wildman–Crippen LogP) is 12.7. The Morgan fingerprint density at radius 1 is 0.339 bits per heavy atom. The Labute approximate surface area is 324 Å². The fourth-order valence-corrected chi connectivity index (χ4v) is 10.00. The van der Waals surface area contributed by atoms with E-state index in [0.29, 0.717) is 16.8 Å². The minimum absolute atomic E-state index is 0.299. The second-order valence-corrected chi connectivity index (χ2v) is 15.5. The number of nitrogens with zero attached hydrogens (tertiary/aromatic N) is 3. The molecule has 0 fully saturated rings. The molecule has 12 rings (SSSR count). The Hall–Kier alpha value is -7.28. The van der Waals surface area contributed by atoms with E-state index in [1.165, 1.54) is 46.9 Å². The van der Waals surface area contributed by atoms with E-state index in [0.717, 1.165) is 44.3 Å². The van der Waals surface area contributed by atoms with E-state index in [4.69, 9.17) is 0 Å². The summed E-state index contributed by atoms with van der Waals surface area (Å²) >= 11 is 1.84. The van der Waals surface area contributed by atoms with Gasteiger partial charge in [-0.15, -0.1) is 11.3 Å². The SMILES string of the molecule is O=C1c2ccccc2C(=O)N1c1cccc(-n2c3ccccc3c3cc(-c4ccc5c(c4)c4ccccc4n5-c4ccc5sc6ccccc6c5c4)ccc32)c1. The summed E-state index contributed by atoms with van der Waals surface area (Å²) < 4.78 is 7.22. The van der Waals surface area contributed by atoms with E-state index in [2.05, 4.69) is 137 Å². The summed E-state index contributed by atoms with van der Waals surface area (Å²) in [5, 5.41) is 7.27. The maximum absolute atomic E-state index is 13.4. The van der Waals surface area contributed by atoms with Gasteiger partial charge in [0.25, 0.3) is 11.8 Å². The molecule has 0 saturated carbocycles. The Kier molecular flexibility index (Phi) is 6.45. The number of carbonyl (C=O) groups excluding carboxylic acids is 2. The Morgan fingerprint density at radius 3 is 1.48 bits per heavy atom. The molecule has 8 aromatic carbocycles. The molecule has 1 aliphatic heterocycles. The van der Waals surface area contributed by atoms with Crippen molar-refractivity contribution in [2.24, 2.45) is 0 Å². The standard InChI is InChI=1S/C50H29N3O2S/c54-49-38-15-1-2-16-39(38)50(55)53(49)33-11-9-10-32(28-33)51-43-17-6-3-12-35(43)40-26-30(20-23-45(40)51)31-21-24-46-41(27-31)36-13-4-7-18-44(36)52(46)34-22-25-48-42(29-34)37-14-5-8-19-47(37)56-48/h1-29H. The lowest BCUT2D eigenvalue weighted by molar-refractivity contribution is 0.0926. The van der Waals surface area contributed by atoms with Crippen molar-refractivity contribution in [3.8, 4) is 22.5 Å². The van der Waals surface area contributed by atoms with Crippen molar-refractivity contribution in [2.75, 3.05) is 4.90 Å². The second kappa shape index (κ2) is 11.6. The van der Waals surface area contributed by atoms with Crippen LogP contribution in [-0.2, 0) is 0 Å². The van der Waals surface area contributed by atoms with Crippen LogP contribution >= 0.6 is 11.3 Å². The number of para-hydroxylation sites is 2. The average Bonchev–Trinajstić information content (AvgIpc) is 3.96. The molecule has 0 spiro atoms. The number of fused-ring (bicyclic) bond motifs is 10. The molecule has 1 aliphatic rings. The number of imide groups is 1. The molecule has 0 aliphatic carbocycles. The number of carbonyl (C=O) groups is 2. The summed E-state index contributed by atoms with van der Waals surface area (Å²) in [4.78, 5) is 28.1. The van der Waals surface area contributed by atoms with Gasteiger partial charge < -0.3 is 9.13 Å². The Balaban J connectivity index is 0.988. The van der Waals surface area contributed by atoms with Crippen molar-refractivity contribution in [3.05, 3.63) is 187 Å². The summed E-state index contributed by atoms with van der Waals surface area (Å²) in [5.74, 6) is -0.598. The molecule has 5 nitrogen and oxygen atoms in total. The molecular weight excluding hydrogens is 707 g/mol. The van der Waals surface area contributed by atoms with E-state index in [1.807, 2.05) is 35.6 Å². The van der Waals surface area contributed by atoms with Crippen molar-refractivity contribution in [1.29, 1.82) is 0 Å². The summed E-state index contributed by atoms with van der Waals surface area (Å²) in [6.07, 6.45) is 0. The van der Waals surface area contributed by atoms with Crippen LogP contribution in [0.15, 0.2) is 176 Å². The van der Waals surface area contributed by atoms with Crippen LogP contribution in [-0.4, -0.2) is 20.9 Å². The fourth-order valence-electron chi connectivity index (χ4n) is 8.91. The summed E-state index contributed by atoms with van der Waals surface area (Å²) in [6, 6.07) is 60.8. The van der Waals surface area contributed by atoms with Gasteiger partial charge in [-0.2, -0.15) is 0 Å². The van der Waals surface area contributed by atoms with Gasteiger partial charge in [-0.3, -0.25) is 9.59 Å². The van der Waals surface area contributed by atoms with E-state index < -0.39 is 0 Å². The molecule has 6 heteroatoms. The number of anilines is 1. The molecule has 2 amide bonds. The van der Waals surface area contributed by atoms with Crippen LogP contribution in [0.5, 0.6) is 0 Å². The predicted molar refractivity (Wildman–Crippen MR) is 231 cm³/mol. The lowest BCUT2D eigenvalue weighted by atomic mass is 10.0. The zero-order valence-electron chi connectivity index (χ0n) is 29.8. The van der Waals surface area contributed by atoms with Crippen molar-refractivity contribution >= 4 is 92.6 Å². The zero-order chi connectivity index (χ0) is 37.1. The molecule has 0 saturated heterocycles. The quantitative estimate of drug-likeness (QED) is 0.169.